The highest BCUT2D eigenvalue weighted by molar-refractivity contribution is 7.20. The largest absolute Gasteiger partial charge is 0.411 e. The van der Waals surface area contributed by atoms with Crippen LogP contribution >= 0.6 is 11.3 Å². The van der Waals surface area contributed by atoms with Gasteiger partial charge >= 0.3 is 0 Å². The van der Waals surface area contributed by atoms with Gasteiger partial charge in [-0.2, -0.15) is 0 Å². The monoisotopic (exact) mass is 195 g/mol. The van der Waals surface area contributed by atoms with Crippen molar-refractivity contribution >= 4 is 27.6 Å². The zero-order valence-corrected chi connectivity index (χ0v) is 7.38. The number of hydrogen-bond donors (Lipinski definition) is 1. The molecule has 0 aliphatic rings. The van der Waals surface area contributed by atoms with Crippen LogP contribution in [0.3, 0.4) is 0 Å². The fourth-order valence-electron chi connectivity index (χ4n) is 1.17. The van der Waals surface area contributed by atoms with Crippen LogP contribution in [0.1, 0.15) is 4.88 Å². The number of halogens is 1. The highest BCUT2D eigenvalue weighted by atomic mass is 32.1. The fourth-order valence-corrected chi connectivity index (χ4v) is 2.10. The molecule has 0 aliphatic heterocycles. The molecule has 2 rings (SSSR count). The highest BCUT2D eigenvalue weighted by Gasteiger charge is 2.03. The molecular weight excluding hydrogens is 189 g/mol. The van der Waals surface area contributed by atoms with Gasteiger partial charge in [-0.3, -0.25) is 0 Å². The molecule has 0 saturated carbocycles. The van der Waals surface area contributed by atoms with E-state index < -0.39 is 0 Å². The number of benzene rings is 1. The maximum Gasteiger partial charge on any atom is 0.141 e. The average molecular weight is 195 g/mol. The lowest BCUT2D eigenvalue weighted by Crippen LogP contribution is -1.69. The lowest BCUT2D eigenvalue weighted by molar-refractivity contribution is 0.322. The minimum Gasteiger partial charge on any atom is -0.411 e. The first-order valence-electron chi connectivity index (χ1n) is 3.67. The van der Waals surface area contributed by atoms with Gasteiger partial charge in [0.2, 0.25) is 0 Å². The van der Waals surface area contributed by atoms with E-state index in [-0.39, 0.29) is 5.82 Å². The summed E-state index contributed by atoms with van der Waals surface area (Å²) in [6.07, 6.45) is 1.30. The van der Waals surface area contributed by atoms with Gasteiger partial charge in [-0.25, -0.2) is 4.39 Å². The Bertz CT molecular complexity index is 464. The van der Waals surface area contributed by atoms with Crippen LogP contribution < -0.4 is 0 Å². The lowest BCUT2D eigenvalue weighted by atomic mass is 10.2. The molecule has 66 valence electrons. The minimum absolute atomic E-state index is 0.236. The van der Waals surface area contributed by atoms with E-state index in [9.17, 15) is 4.39 Å². The Kier molecular flexibility index (Phi) is 1.98. The Morgan fingerprint density at radius 3 is 3.00 bits per heavy atom. The summed E-state index contributed by atoms with van der Waals surface area (Å²) in [5, 5.41) is 12.0. The number of oxime groups is 1. The van der Waals surface area contributed by atoms with Gasteiger partial charge < -0.3 is 5.21 Å². The van der Waals surface area contributed by atoms with Gasteiger partial charge in [-0.1, -0.05) is 17.3 Å². The topological polar surface area (TPSA) is 32.6 Å². The van der Waals surface area contributed by atoms with Crippen molar-refractivity contribution in [2.75, 3.05) is 0 Å². The highest BCUT2D eigenvalue weighted by Crippen LogP contribution is 2.26. The smallest absolute Gasteiger partial charge is 0.141 e. The molecule has 1 aromatic carbocycles. The van der Waals surface area contributed by atoms with Crippen LogP contribution in [0, 0.1) is 5.82 Å². The van der Waals surface area contributed by atoms with Crippen LogP contribution in [0.2, 0.25) is 0 Å². The summed E-state index contributed by atoms with van der Waals surface area (Å²) in [6.45, 7) is 0. The van der Waals surface area contributed by atoms with Gasteiger partial charge in [0.05, 0.1) is 15.8 Å². The summed E-state index contributed by atoms with van der Waals surface area (Å²) >= 11 is 1.26. The van der Waals surface area contributed by atoms with Crippen molar-refractivity contribution in [2.24, 2.45) is 5.16 Å². The van der Waals surface area contributed by atoms with Crippen LogP contribution in [0.25, 0.3) is 10.1 Å². The average Bonchev–Trinajstić information content (AvgIpc) is 2.49. The summed E-state index contributed by atoms with van der Waals surface area (Å²) in [7, 11) is 0. The van der Waals surface area contributed by atoms with E-state index in [1.54, 1.807) is 12.1 Å². The van der Waals surface area contributed by atoms with E-state index >= 15 is 0 Å². The van der Waals surface area contributed by atoms with E-state index in [0.717, 1.165) is 10.3 Å². The summed E-state index contributed by atoms with van der Waals surface area (Å²) in [4.78, 5) is 0.739. The van der Waals surface area contributed by atoms with E-state index in [1.165, 1.54) is 23.6 Å². The molecule has 0 unspecified atom stereocenters. The molecule has 0 spiro atoms. The molecule has 2 nitrogen and oxygen atoms in total. The van der Waals surface area contributed by atoms with Crippen molar-refractivity contribution in [2.45, 2.75) is 0 Å². The zero-order valence-electron chi connectivity index (χ0n) is 6.57. The van der Waals surface area contributed by atoms with Gasteiger partial charge in [-0.15, -0.1) is 11.3 Å². The van der Waals surface area contributed by atoms with Gasteiger partial charge in [0.1, 0.15) is 5.82 Å². The molecule has 1 aromatic heterocycles. The predicted molar refractivity (Wildman–Crippen MR) is 51.2 cm³/mol. The molecule has 0 fully saturated rings. The molecule has 0 amide bonds. The number of nitrogens with zero attached hydrogens (tertiary/aromatic N) is 1. The first-order valence-corrected chi connectivity index (χ1v) is 4.48. The third kappa shape index (κ3) is 1.40. The molecule has 0 saturated heterocycles. The Labute approximate surface area is 77.9 Å². The first kappa shape index (κ1) is 8.19. The first-order chi connectivity index (χ1) is 6.31. The van der Waals surface area contributed by atoms with E-state index in [2.05, 4.69) is 5.16 Å². The van der Waals surface area contributed by atoms with Gasteiger partial charge in [0.15, 0.2) is 0 Å². The SMILES string of the molecule is ON=Cc1cc2cccc(F)c2s1. The zero-order chi connectivity index (χ0) is 9.26. The van der Waals surface area contributed by atoms with Gasteiger partial charge in [0.25, 0.3) is 0 Å². The van der Waals surface area contributed by atoms with Crippen molar-refractivity contribution in [3.63, 3.8) is 0 Å². The van der Waals surface area contributed by atoms with E-state index in [4.69, 9.17) is 5.21 Å². The normalized spacial score (nSPS) is 11.5. The summed E-state index contributed by atoms with van der Waals surface area (Å²) in [5.74, 6) is -0.236. The Morgan fingerprint density at radius 1 is 1.46 bits per heavy atom. The molecule has 1 heterocycles. The van der Waals surface area contributed by atoms with Crippen LogP contribution in [0.5, 0.6) is 0 Å². The van der Waals surface area contributed by atoms with Crippen LogP contribution in [-0.4, -0.2) is 11.4 Å². The number of thiophene rings is 1. The Balaban J connectivity index is 2.68. The number of rotatable bonds is 1. The van der Waals surface area contributed by atoms with E-state index in [0.29, 0.717) is 4.70 Å². The van der Waals surface area contributed by atoms with Gasteiger partial charge in [0, 0.05) is 0 Å². The number of fused-ring (bicyclic) bond motifs is 1. The molecule has 2 aromatic rings. The maximum atomic E-state index is 13.1. The summed E-state index contributed by atoms with van der Waals surface area (Å²) in [6, 6.07) is 6.68. The molecule has 0 aliphatic carbocycles. The van der Waals surface area contributed by atoms with Gasteiger partial charge in [-0.05, 0) is 17.5 Å². The fraction of sp³-hybridized carbons (Fsp3) is 0. The minimum atomic E-state index is -0.236. The second-order valence-corrected chi connectivity index (χ2v) is 3.64. The second kappa shape index (κ2) is 3.14. The standard InChI is InChI=1S/C9H6FNOS/c10-8-3-1-2-6-4-7(5-11-12)13-9(6)8/h1-5,12H. The van der Waals surface area contributed by atoms with Crippen molar-refractivity contribution in [3.05, 3.63) is 35.0 Å². The van der Waals surface area contributed by atoms with Crippen LogP contribution in [0.4, 0.5) is 4.39 Å². The lowest BCUT2D eigenvalue weighted by Gasteiger charge is -1.87. The molecule has 1 N–H and O–H groups in total. The van der Waals surface area contributed by atoms with E-state index in [1.807, 2.05) is 6.07 Å². The van der Waals surface area contributed by atoms with Crippen molar-refractivity contribution < 1.29 is 9.60 Å². The third-order valence-electron chi connectivity index (χ3n) is 1.70. The molecule has 0 atom stereocenters. The quantitative estimate of drug-likeness (QED) is 0.423. The molecule has 0 radical (unpaired) electrons. The molecule has 4 heteroatoms. The summed E-state index contributed by atoms with van der Waals surface area (Å²) in [5.41, 5.74) is 0. The summed E-state index contributed by atoms with van der Waals surface area (Å²) < 4.78 is 13.7. The van der Waals surface area contributed by atoms with Crippen molar-refractivity contribution in [3.8, 4) is 0 Å². The van der Waals surface area contributed by atoms with Crippen molar-refractivity contribution in [1.82, 2.24) is 0 Å². The maximum absolute atomic E-state index is 13.1. The number of hydrogen-bond acceptors (Lipinski definition) is 3. The third-order valence-corrected chi connectivity index (χ3v) is 2.79. The van der Waals surface area contributed by atoms with Crippen LogP contribution in [0.15, 0.2) is 29.4 Å². The molecular formula is C9H6FNOS. The Morgan fingerprint density at radius 2 is 2.31 bits per heavy atom. The predicted octanol–water partition coefficient (Wildman–Crippen LogP) is 2.85. The molecule has 13 heavy (non-hydrogen) atoms. The van der Waals surface area contributed by atoms with Crippen molar-refractivity contribution in [1.29, 1.82) is 0 Å². The van der Waals surface area contributed by atoms with Crippen LogP contribution in [-0.2, 0) is 0 Å². The molecule has 0 bridgehead atoms. The second-order valence-electron chi connectivity index (χ2n) is 2.55. The Hall–Kier alpha value is -1.42.